The minimum absolute atomic E-state index is 0.0398. The van der Waals surface area contributed by atoms with Gasteiger partial charge in [0.15, 0.2) is 11.7 Å². The number of carbonyl (C=O) groups is 2. The highest BCUT2D eigenvalue weighted by atomic mass is 16.3. The van der Waals surface area contributed by atoms with Crippen molar-refractivity contribution >= 4 is 40.2 Å². The summed E-state index contributed by atoms with van der Waals surface area (Å²) in [4.78, 5) is 33.3. The van der Waals surface area contributed by atoms with Crippen molar-refractivity contribution in [3.05, 3.63) is 106 Å². The van der Waals surface area contributed by atoms with E-state index < -0.39 is 0 Å². The maximum absolute atomic E-state index is 13.3. The Balaban J connectivity index is 1.37. The zero-order chi connectivity index (χ0) is 26.8. The predicted molar refractivity (Wildman–Crippen MR) is 147 cm³/mol. The number of fused-ring (bicyclic) bond motifs is 1. The number of hydrogen-bond donors (Lipinski definition) is 4. The number of amides is 1. The molecule has 0 bridgehead atoms. The fourth-order valence-electron chi connectivity index (χ4n) is 4.26. The Labute approximate surface area is 218 Å². The second-order valence-corrected chi connectivity index (χ2v) is 8.94. The first-order valence-electron chi connectivity index (χ1n) is 12.0. The number of anilines is 1. The fourth-order valence-corrected chi connectivity index (χ4v) is 4.26. The van der Waals surface area contributed by atoms with Gasteiger partial charge in [-0.1, -0.05) is 36.4 Å². The van der Waals surface area contributed by atoms with Crippen molar-refractivity contribution in [1.29, 1.82) is 0 Å². The van der Waals surface area contributed by atoms with Crippen LogP contribution < -0.4 is 11.1 Å². The van der Waals surface area contributed by atoms with Crippen LogP contribution in [-0.2, 0) is 13.6 Å². The number of ketones is 1. The van der Waals surface area contributed by atoms with Gasteiger partial charge in [-0.05, 0) is 48.9 Å². The number of H-pyrrole nitrogens is 1. The van der Waals surface area contributed by atoms with Crippen LogP contribution >= 0.6 is 0 Å². The lowest BCUT2D eigenvalue weighted by molar-refractivity contribution is 0.101. The monoisotopic (exact) mass is 506 g/mol. The van der Waals surface area contributed by atoms with Crippen LogP contribution in [0.3, 0.4) is 0 Å². The Kier molecular flexibility index (Phi) is 6.59. The Morgan fingerprint density at radius 1 is 1.08 bits per heavy atom. The van der Waals surface area contributed by atoms with Gasteiger partial charge in [-0.25, -0.2) is 0 Å². The van der Waals surface area contributed by atoms with E-state index in [4.69, 9.17) is 5.73 Å². The molecule has 0 unspecified atom stereocenters. The first-order valence-corrected chi connectivity index (χ1v) is 12.0. The number of aliphatic imine (C=N–C) groups is 1. The van der Waals surface area contributed by atoms with Crippen molar-refractivity contribution in [2.45, 2.75) is 13.5 Å². The number of benzene rings is 3. The maximum atomic E-state index is 13.3. The summed E-state index contributed by atoms with van der Waals surface area (Å²) in [6.45, 7) is 2.27. The predicted octanol–water partition coefficient (Wildman–Crippen LogP) is 4.61. The molecule has 2 heterocycles. The van der Waals surface area contributed by atoms with Crippen LogP contribution in [0.4, 0.5) is 11.4 Å². The quantitative estimate of drug-likeness (QED) is 0.189. The Morgan fingerprint density at radius 3 is 2.55 bits per heavy atom. The van der Waals surface area contributed by atoms with E-state index in [2.05, 4.69) is 20.4 Å². The molecular weight excluding hydrogens is 480 g/mol. The van der Waals surface area contributed by atoms with E-state index in [-0.39, 0.29) is 17.6 Å². The Bertz CT molecular complexity index is 1700. The number of aromatic hydroxyl groups is 1. The van der Waals surface area contributed by atoms with E-state index in [0.29, 0.717) is 40.1 Å². The van der Waals surface area contributed by atoms with E-state index in [0.717, 1.165) is 22.3 Å². The normalized spacial score (nSPS) is 11.3. The van der Waals surface area contributed by atoms with Gasteiger partial charge >= 0.3 is 0 Å². The van der Waals surface area contributed by atoms with Crippen molar-refractivity contribution in [2.75, 3.05) is 5.32 Å². The molecule has 2 aromatic heterocycles. The second kappa shape index (κ2) is 10.2. The molecule has 5 rings (SSSR count). The smallest absolute Gasteiger partial charge is 0.273 e. The fraction of sp³-hybridized carbons (Fsp3) is 0.103. The molecule has 0 aliphatic heterocycles. The lowest BCUT2D eigenvalue weighted by Gasteiger charge is -2.08. The van der Waals surface area contributed by atoms with Crippen molar-refractivity contribution in [3.63, 3.8) is 0 Å². The molecule has 5 N–H and O–H groups in total. The highest BCUT2D eigenvalue weighted by Gasteiger charge is 2.16. The minimum Gasteiger partial charge on any atom is -0.494 e. The molecular formula is C29H26N6O3. The van der Waals surface area contributed by atoms with Crippen LogP contribution in [0.2, 0.25) is 0 Å². The molecule has 0 aliphatic carbocycles. The van der Waals surface area contributed by atoms with Gasteiger partial charge in [-0.15, -0.1) is 0 Å². The number of aryl methyl sites for hydroxylation is 2. The second-order valence-electron chi connectivity index (χ2n) is 8.94. The van der Waals surface area contributed by atoms with Crippen LogP contribution in [0.5, 0.6) is 5.88 Å². The zero-order valence-corrected chi connectivity index (χ0v) is 20.9. The molecule has 5 aromatic rings. The minimum atomic E-state index is -0.314. The number of aromatic nitrogens is 3. The molecule has 0 saturated carbocycles. The van der Waals surface area contributed by atoms with Crippen LogP contribution in [0, 0.1) is 6.92 Å². The van der Waals surface area contributed by atoms with Crippen LogP contribution in [0.15, 0.2) is 77.8 Å². The summed E-state index contributed by atoms with van der Waals surface area (Å²) < 4.78 is 1.51. The van der Waals surface area contributed by atoms with Crippen molar-refractivity contribution < 1.29 is 14.7 Å². The number of nitrogens with two attached hydrogens (primary N) is 1. The van der Waals surface area contributed by atoms with Gasteiger partial charge in [0.25, 0.3) is 5.91 Å². The van der Waals surface area contributed by atoms with Gasteiger partial charge in [0.2, 0.25) is 0 Å². The highest BCUT2D eigenvalue weighted by molar-refractivity contribution is 6.13. The molecule has 0 spiro atoms. The summed E-state index contributed by atoms with van der Waals surface area (Å²) in [7, 11) is 1.70. The SMILES string of the molecule is Cc1cc(C(=O)Nc2cccc(C(=O)c3ccc4c(C=Nc5ccc(CN)cc5)c(O)[nH]c4c3)c2)n(C)n1. The zero-order valence-electron chi connectivity index (χ0n) is 20.9. The van der Waals surface area contributed by atoms with Gasteiger partial charge in [0.05, 0.1) is 16.9 Å². The lowest BCUT2D eigenvalue weighted by Crippen LogP contribution is -2.16. The largest absolute Gasteiger partial charge is 0.494 e. The van der Waals surface area contributed by atoms with Gasteiger partial charge in [0, 0.05) is 47.5 Å². The van der Waals surface area contributed by atoms with Crippen LogP contribution in [0.25, 0.3) is 10.9 Å². The molecule has 0 fully saturated rings. The Hall–Kier alpha value is -5.02. The summed E-state index contributed by atoms with van der Waals surface area (Å²) in [5.74, 6) is -0.573. The number of rotatable bonds is 7. The molecule has 1 amide bonds. The summed E-state index contributed by atoms with van der Waals surface area (Å²) in [5, 5.41) is 18.2. The maximum Gasteiger partial charge on any atom is 0.273 e. The van der Waals surface area contributed by atoms with Gasteiger partial charge in [-0.3, -0.25) is 19.3 Å². The van der Waals surface area contributed by atoms with Crippen molar-refractivity contribution in [3.8, 4) is 5.88 Å². The van der Waals surface area contributed by atoms with Gasteiger partial charge in [-0.2, -0.15) is 5.10 Å². The lowest BCUT2D eigenvalue weighted by atomic mass is 10.0. The summed E-state index contributed by atoms with van der Waals surface area (Å²) in [6, 6.07) is 21.1. The summed E-state index contributed by atoms with van der Waals surface area (Å²) in [5.41, 5.74) is 11.0. The number of aromatic amines is 1. The first kappa shape index (κ1) is 24.7. The third-order valence-electron chi connectivity index (χ3n) is 6.21. The molecule has 0 atom stereocenters. The van der Waals surface area contributed by atoms with Crippen LogP contribution in [0.1, 0.15) is 43.2 Å². The average Bonchev–Trinajstić information content (AvgIpc) is 3.43. The van der Waals surface area contributed by atoms with E-state index in [1.54, 1.807) is 61.8 Å². The number of nitrogens with one attached hydrogen (secondary N) is 2. The average molecular weight is 507 g/mol. The van der Waals surface area contributed by atoms with E-state index in [9.17, 15) is 14.7 Å². The van der Waals surface area contributed by atoms with Crippen LogP contribution in [-0.4, -0.2) is 37.8 Å². The topological polar surface area (TPSA) is 138 Å². The summed E-state index contributed by atoms with van der Waals surface area (Å²) >= 11 is 0. The molecule has 190 valence electrons. The Morgan fingerprint density at radius 2 is 1.84 bits per heavy atom. The van der Waals surface area contributed by atoms with Crippen molar-refractivity contribution in [1.82, 2.24) is 14.8 Å². The molecule has 9 heteroatoms. The number of carbonyl (C=O) groups excluding carboxylic acids is 2. The summed E-state index contributed by atoms with van der Waals surface area (Å²) in [6.07, 6.45) is 1.59. The highest BCUT2D eigenvalue weighted by Crippen LogP contribution is 2.28. The standard InChI is InChI=1S/C29H26N6O3/c1-17-12-26(35(2)34-17)29(38)32-22-5-3-4-19(13-22)27(36)20-8-11-23-24(28(37)33-25(23)14-20)16-31-21-9-6-18(15-30)7-10-21/h3-14,16,33,37H,15,30H2,1-2H3,(H,32,38). The van der Waals surface area contributed by atoms with E-state index >= 15 is 0 Å². The first-order chi connectivity index (χ1) is 18.3. The molecule has 38 heavy (non-hydrogen) atoms. The van der Waals surface area contributed by atoms with E-state index in [1.165, 1.54) is 4.68 Å². The number of nitrogens with zero attached hydrogens (tertiary/aromatic N) is 3. The molecule has 9 nitrogen and oxygen atoms in total. The molecule has 3 aromatic carbocycles. The van der Waals surface area contributed by atoms with Gasteiger partial charge < -0.3 is 21.1 Å². The number of hydrogen-bond acceptors (Lipinski definition) is 6. The van der Waals surface area contributed by atoms with Crippen molar-refractivity contribution in [2.24, 2.45) is 17.8 Å². The van der Waals surface area contributed by atoms with Gasteiger partial charge in [0.1, 0.15) is 5.69 Å². The molecule has 0 aliphatic rings. The molecule has 0 saturated heterocycles. The molecule has 0 radical (unpaired) electrons. The van der Waals surface area contributed by atoms with E-state index in [1.807, 2.05) is 31.2 Å². The third-order valence-corrected chi connectivity index (χ3v) is 6.21. The third kappa shape index (κ3) is 4.95.